The quantitative estimate of drug-likeness (QED) is 0.882. The molecule has 0 bridgehead atoms. The molecule has 0 radical (unpaired) electrons. The zero-order chi connectivity index (χ0) is 14.0. The summed E-state index contributed by atoms with van der Waals surface area (Å²) in [6, 6.07) is 7.71. The first-order valence-corrected chi connectivity index (χ1v) is 7.29. The molecule has 0 saturated carbocycles. The van der Waals surface area contributed by atoms with E-state index in [9.17, 15) is 4.79 Å². The number of halogens is 1. The summed E-state index contributed by atoms with van der Waals surface area (Å²) in [5.41, 5.74) is 0.485. The molecule has 0 amide bonds. The van der Waals surface area contributed by atoms with Gasteiger partial charge in [0.1, 0.15) is 5.41 Å². The molecular weight excluding hydrogens is 328 g/mol. The lowest BCUT2D eigenvalue weighted by molar-refractivity contribution is -0.142. The molecule has 0 saturated heterocycles. The van der Waals surface area contributed by atoms with E-state index in [0.717, 1.165) is 10.2 Å². The second kappa shape index (κ2) is 5.30. The van der Waals surface area contributed by atoms with Gasteiger partial charge in [-0.3, -0.25) is 4.79 Å². The van der Waals surface area contributed by atoms with Gasteiger partial charge in [-0.25, -0.2) is 4.98 Å². The van der Waals surface area contributed by atoms with Gasteiger partial charge in [-0.2, -0.15) is 0 Å². The average Bonchev–Trinajstić information content (AvgIpc) is 2.78. The van der Waals surface area contributed by atoms with Crippen LogP contribution in [0.25, 0.3) is 0 Å². The average molecular weight is 341 g/mol. The number of nitrogens with zero attached hydrogens (tertiary/aromatic N) is 1. The standard InChI is InChI=1S/C13H13BrN2O2S/c1-13(2,11(17)18)10-7-19-12(16-10)15-9-5-3-4-8(14)6-9/h3-7H,1-2H3,(H,15,16)(H,17,18). The summed E-state index contributed by atoms with van der Waals surface area (Å²) >= 11 is 4.79. The Labute approximate surface area is 123 Å². The minimum Gasteiger partial charge on any atom is -0.481 e. The summed E-state index contributed by atoms with van der Waals surface area (Å²) < 4.78 is 0.972. The third kappa shape index (κ3) is 3.13. The Morgan fingerprint density at radius 3 is 2.84 bits per heavy atom. The molecule has 2 N–H and O–H groups in total. The molecule has 4 nitrogen and oxygen atoms in total. The minimum atomic E-state index is -0.978. The topological polar surface area (TPSA) is 62.2 Å². The SMILES string of the molecule is CC(C)(C(=O)O)c1csc(Nc2cccc(Br)c2)n1. The van der Waals surface area contributed by atoms with Gasteiger partial charge in [0, 0.05) is 15.5 Å². The highest BCUT2D eigenvalue weighted by atomic mass is 79.9. The van der Waals surface area contributed by atoms with Crippen LogP contribution in [0.1, 0.15) is 19.5 Å². The van der Waals surface area contributed by atoms with Gasteiger partial charge in [0.15, 0.2) is 5.13 Å². The second-order valence-electron chi connectivity index (χ2n) is 4.60. The zero-order valence-electron chi connectivity index (χ0n) is 10.5. The summed E-state index contributed by atoms with van der Waals surface area (Å²) in [6.07, 6.45) is 0. The molecule has 1 aromatic carbocycles. The second-order valence-corrected chi connectivity index (χ2v) is 6.38. The largest absolute Gasteiger partial charge is 0.481 e. The monoisotopic (exact) mass is 340 g/mol. The lowest BCUT2D eigenvalue weighted by Gasteiger charge is -2.15. The summed E-state index contributed by atoms with van der Waals surface area (Å²) in [5, 5.41) is 14.8. The van der Waals surface area contributed by atoms with E-state index in [1.165, 1.54) is 11.3 Å². The third-order valence-electron chi connectivity index (χ3n) is 2.76. The number of nitrogens with one attached hydrogen (secondary N) is 1. The van der Waals surface area contributed by atoms with Crippen molar-refractivity contribution in [2.24, 2.45) is 0 Å². The molecule has 0 aliphatic carbocycles. The number of thiazole rings is 1. The number of carboxylic acid groups (broad SMARTS) is 1. The van der Waals surface area contributed by atoms with Gasteiger partial charge in [-0.05, 0) is 32.0 Å². The number of benzene rings is 1. The Balaban J connectivity index is 2.20. The summed E-state index contributed by atoms with van der Waals surface area (Å²) in [5.74, 6) is -0.883. The van der Waals surface area contributed by atoms with Crippen LogP contribution in [0.3, 0.4) is 0 Å². The molecule has 19 heavy (non-hydrogen) atoms. The maximum Gasteiger partial charge on any atom is 0.315 e. The van der Waals surface area contributed by atoms with Crippen LogP contribution < -0.4 is 5.32 Å². The maximum atomic E-state index is 11.2. The van der Waals surface area contributed by atoms with Gasteiger partial charge in [-0.1, -0.05) is 22.0 Å². The molecule has 100 valence electrons. The molecule has 0 aliphatic heterocycles. The number of hydrogen-bond donors (Lipinski definition) is 2. The normalized spacial score (nSPS) is 11.3. The van der Waals surface area contributed by atoms with E-state index in [1.807, 2.05) is 24.3 Å². The van der Waals surface area contributed by atoms with Crippen LogP contribution in [0.2, 0.25) is 0 Å². The molecule has 0 aliphatic rings. The van der Waals surface area contributed by atoms with E-state index in [1.54, 1.807) is 19.2 Å². The highest BCUT2D eigenvalue weighted by molar-refractivity contribution is 9.10. The van der Waals surface area contributed by atoms with Gasteiger partial charge in [0.05, 0.1) is 5.69 Å². The fraction of sp³-hybridized carbons (Fsp3) is 0.231. The van der Waals surface area contributed by atoms with Crippen molar-refractivity contribution in [3.63, 3.8) is 0 Å². The maximum absolute atomic E-state index is 11.2. The van der Waals surface area contributed by atoms with Crippen molar-refractivity contribution in [3.8, 4) is 0 Å². The van der Waals surface area contributed by atoms with Crippen LogP contribution >= 0.6 is 27.3 Å². The van der Waals surface area contributed by atoms with Crippen molar-refractivity contribution in [2.45, 2.75) is 19.3 Å². The Morgan fingerprint density at radius 2 is 2.21 bits per heavy atom. The molecule has 2 aromatic rings. The first kappa shape index (κ1) is 14.0. The molecular formula is C13H13BrN2O2S. The van der Waals surface area contributed by atoms with Crippen molar-refractivity contribution < 1.29 is 9.90 Å². The molecule has 1 aromatic heterocycles. The van der Waals surface area contributed by atoms with Crippen LogP contribution in [0.15, 0.2) is 34.1 Å². The van der Waals surface area contributed by atoms with Gasteiger partial charge in [-0.15, -0.1) is 11.3 Å². The summed E-state index contributed by atoms with van der Waals surface area (Å²) in [7, 11) is 0. The minimum absolute atomic E-state index is 0.558. The van der Waals surface area contributed by atoms with Crippen LogP contribution in [-0.2, 0) is 10.2 Å². The van der Waals surface area contributed by atoms with E-state index in [4.69, 9.17) is 5.11 Å². The first-order chi connectivity index (χ1) is 8.89. The zero-order valence-corrected chi connectivity index (χ0v) is 12.9. The van der Waals surface area contributed by atoms with Crippen molar-refractivity contribution >= 4 is 44.1 Å². The van der Waals surface area contributed by atoms with Crippen LogP contribution in [0, 0.1) is 0 Å². The predicted octanol–water partition coefficient (Wildman–Crippen LogP) is 4.01. The number of carbonyl (C=O) groups is 1. The lowest BCUT2D eigenvalue weighted by Crippen LogP contribution is -2.28. The Hall–Kier alpha value is -1.40. The van der Waals surface area contributed by atoms with E-state index in [-0.39, 0.29) is 0 Å². The molecule has 0 fully saturated rings. The van der Waals surface area contributed by atoms with Gasteiger partial charge < -0.3 is 10.4 Å². The van der Waals surface area contributed by atoms with Crippen molar-refractivity contribution in [1.29, 1.82) is 0 Å². The van der Waals surface area contributed by atoms with E-state index in [0.29, 0.717) is 10.8 Å². The number of hydrogen-bond acceptors (Lipinski definition) is 4. The smallest absolute Gasteiger partial charge is 0.315 e. The Kier molecular flexibility index (Phi) is 3.91. The van der Waals surface area contributed by atoms with E-state index < -0.39 is 11.4 Å². The lowest BCUT2D eigenvalue weighted by atomic mass is 9.90. The van der Waals surface area contributed by atoms with Crippen molar-refractivity contribution in [3.05, 3.63) is 39.8 Å². The molecule has 0 spiro atoms. The fourth-order valence-corrected chi connectivity index (χ4v) is 2.72. The van der Waals surface area contributed by atoms with E-state index >= 15 is 0 Å². The number of anilines is 2. The number of carboxylic acids is 1. The molecule has 6 heteroatoms. The van der Waals surface area contributed by atoms with Crippen LogP contribution in [-0.4, -0.2) is 16.1 Å². The molecule has 1 heterocycles. The van der Waals surface area contributed by atoms with Crippen LogP contribution in [0.5, 0.6) is 0 Å². The Morgan fingerprint density at radius 1 is 1.47 bits per heavy atom. The molecule has 2 rings (SSSR count). The molecule has 0 atom stereocenters. The van der Waals surface area contributed by atoms with Crippen molar-refractivity contribution in [2.75, 3.05) is 5.32 Å². The van der Waals surface area contributed by atoms with E-state index in [2.05, 4.69) is 26.2 Å². The van der Waals surface area contributed by atoms with Crippen LogP contribution in [0.4, 0.5) is 10.8 Å². The summed E-state index contributed by atoms with van der Waals surface area (Å²) in [4.78, 5) is 15.5. The number of rotatable bonds is 4. The number of aliphatic carboxylic acids is 1. The van der Waals surface area contributed by atoms with Crippen molar-refractivity contribution in [1.82, 2.24) is 4.98 Å². The van der Waals surface area contributed by atoms with Gasteiger partial charge >= 0.3 is 5.97 Å². The first-order valence-electron chi connectivity index (χ1n) is 5.61. The fourth-order valence-electron chi connectivity index (χ4n) is 1.42. The van der Waals surface area contributed by atoms with Gasteiger partial charge in [0.25, 0.3) is 0 Å². The number of aromatic nitrogens is 1. The molecule has 0 unspecified atom stereocenters. The third-order valence-corrected chi connectivity index (χ3v) is 4.01. The summed E-state index contributed by atoms with van der Waals surface area (Å²) in [6.45, 7) is 3.29. The van der Waals surface area contributed by atoms with Gasteiger partial charge in [0.2, 0.25) is 0 Å². The highest BCUT2D eigenvalue weighted by Gasteiger charge is 2.32. The highest BCUT2D eigenvalue weighted by Crippen LogP contribution is 2.29. The Bertz CT molecular complexity index is 610. The predicted molar refractivity (Wildman–Crippen MR) is 80.2 cm³/mol.